The van der Waals surface area contributed by atoms with Crippen LogP contribution in [0.5, 0.6) is 5.75 Å². The van der Waals surface area contributed by atoms with Crippen molar-refractivity contribution in [1.82, 2.24) is 4.90 Å². The van der Waals surface area contributed by atoms with Gasteiger partial charge in [0.05, 0.1) is 19.0 Å². The Bertz CT molecular complexity index is 367. The summed E-state index contributed by atoms with van der Waals surface area (Å²) in [5.74, 6) is -0.0809. The van der Waals surface area contributed by atoms with Gasteiger partial charge in [0.25, 0.3) is 0 Å². The van der Waals surface area contributed by atoms with E-state index in [-0.39, 0.29) is 11.9 Å². The zero-order chi connectivity index (χ0) is 12.8. The molecule has 0 aliphatic heterocycles. The van der Waals surface area contributed by atoms with Crippen LogP contribution in [-0.4, -0.2) is 43.2 Å². The Kier molecular flexibility index (Phi) is 5.25. The molecule has 1 unspecified atom stereocenters. The minimum Gasteiger partial charge on any atom is -0.497 e. The van der Waals surface area contributed by atoms with Gasteiger partial charge in [0.1, 0.15) is 5.75 Å². The highest BCUT2D eigenvalue weighted by atomic mass is 35.5. The van der Waals surface area contributed by atoms with Gasteiger partial charge in [-0.1, -0.05) is 12.1 Å². The average molecular weight is 258 g/mol. The van der Waals surface area contributed by atoms with E-state index in [2.05, 4.69) is 0 Å². The summed E-state index contributed by atoms with van der Waals surface area (Å²) in [7, 11) is 3.33. The first-order valence-corrected chi connectivity index (χ1v) is 5.65. The fourth-order valence-corrected chi connectivity index (χ4v) is 1.87. The van der Waals surface area contributed by atoms with Crippen molar-refractivity contribution < 1.29 is 14.6 Å². The second-order valence-electron chi connectivity index (χ2n) is 3.83. The molecule has 0 aromatic heterocycles. The molecule has 0 fully saturated rings. The molecule has 1 N–H and O–H groups in total. The normalized spacial score (nSPS) is 12.5. The van der Waals surface area contributed by atoms with Crippen LogP contribution in [0.4, 0.5) is 0 Å². The quantitative estimate of drug-likeness (QED) is 0.792. The molecule has 0 aliphatic rings. The van der Waals surface area contributed by atoms with Gasteiger partial charge in [-0.25, -0.2) is 0 Å². The van der Waals surface area contributed by atoms with E-state index in [4.69, 9.17) is 21.4 Å². The summed E-state index contributed by atoms with van der Waals surface area (Å²) in [6.45, 7) is 0.472. The Morgan fingerprint density at radius 1 is 1.47 bits per heavy atom. The number of aliphatic carboxylic acids is 1. The van der Waals surface area contributed by atoms with Gasteiger partial charge in [-0.2, -0.15) is 0 Å². The molecular formula is C12H16ClNO3. The molecule has 94 valence electrons. The van der Waals surface area contributed by atoms with Crippen molar-refractivity contribution in [3.63, 3.8) is 0 Å². The van der Waals surface area contributed by atoms with Crippen LogP contribution in [0.2, 0.25) is 0 Å². The Morgan fingerprint density at radius 3 is 2.53 bits per heavy atom. The van der Waals surface area contributed by atoms with E-state index in [1.54, 1.807) is 19.1 Å². The maximum absolute atomic E-state index is 10.5. The standard InChI is InChI=1S/C12H16ClNO3/c1-14(8-12(15)16)7-11(13)9-3-5-10(17-2)6-4-9/h3-6,11H,7-8H2,1-2H3,(H,15,16). The number of hydrogen-bond donors (Lipinski definition) is 1. The molecule has 0 saturated carbocycles. The highest BCUT2D eigenvalue weighted by Gasteiger charge is 2.12. The number of carboxylic acid groups (broad SMARTS) is 1. The van der Waals surface area contributed by atoms with E-state index in [0.29, 0.717) is 6.54 Å². The van der Waals surface area contributed by atoms with E-state index in [1.807, 2.05) is 24.3 Å². The molecule has 0 bridgehead atoms. The summed E-state index contributed by atoms with van der Waals surface area (Å²) in [5, 5.41) is 8.40. The zero-order valence-electron chi connectivity index (χ0n) is 9.89. The van der Waals surface area contributed by atoms with Gasteiger partial charge in [-0.05, 0) is 24.7 Å². The van der Waals surface area contributed by atoms with Gasteiger partial charge in [-0.15, -0.1) is 11.6 Å². The van der Waals surface area contributed by atoms with Crippen molar-refractivity contribution >= 4 is 17.6 Å². The summed E-state index contributed by atoms with van der Waals surface area (Å²) < 4.78 is 5.05. The Hall–Kier alpha value is -1.26. The number of carbonyl (C=O) groups is 1. The highest BCUT2D eigenvalue weighted by Crippen LogP contribution is 2.23. The van der Waals surface area contributed by atoms with Crippen molar-refractivity contribution in [2.45, 2.75) is 5.38 Å². The highest BCUT2D eigenvalue weighted by molar-refractivity contribution is 6.21. The number of hydrogen-bond acceptors (Lipinski definition) is 3. The molecule has 0 heterocycles. The van der Waals surface area contributed by atoms with Crippen LogP contribution in [0.15, 0.2) is 24.3 Å². The van der Waals surface area contributed by atoms with Crippen LogP contribution in [0.3, 0.4) is 0 Å². The van der Waals surface area contributed by atoms with Crippen molar-refractivity contribution in [2.24, 2.45) is 0 Å². The molecule has 1 rings (SSSR count). The van der Waals surface area contributed by atoms with Crippen molar-refractivity contribution in [1.29, 1.82) is 0 Å². The van der Waals surface area contributed by atoms with Gasteiger partial charge >= 0.3 is 5.97 Å². The van der Waals surface area contributed by atoms with Gasteiger partial charge in [0.2, 0.25) is 0 Å². The zero-order valence-corrected chi connectivity index (χ0v) is 10.6. The third-order valence-corrected chi connectivity index (χ3v) is 2.74. The number of carboxylic acids is 1. The minimum absolute atomic E-state index is 0.0145. The second kappa shape index (κ2) is 6.47. The molecule has 0 radical (unpaired) electrons. The van der Waals surface area contributed by atoms with Crippen LogP contribution in [0.1, 0.15) is 10.9 Å². The number of likely N-dealkylation sites (N-methyl/N-ethyl adjacent to an activating group) is 1. The molecule has 1 aromatic carbocycles. The van der Waals surface area contributed by atoms with Crippen molar-refractivity contribution in [2.75, 3.05) is 27.2 Å². The maximum atomic E-state index is 10.5. The molecule has 0 saturated heterocycles. The fraction of sp³-hybridized carbons (Fsp3) is 0.417. The lowest BCUT2D eigenvalue weighted by Crippen LogP contribution is -2.28. The molecular weight excluding hydrogens is 242 g/mol. The summed E-state index contributed by atoms with van der Waals surface area (Å²) in [6, 6.07) is 7.43. The maximum Gasteiger partial charge on any atom is 0.317 e. The van der Waals surface area contributed by atoms with E-state index in [9.17, 15) is 4.79 Å². The Morgan fingerprint density at radius 2 is 2.06 bits per heavy atom. The van der Waals surface area contributed by atoms with E-state index < -0.39 is 5.97 Å². The summed E-state index contributed by atoms with van der Waals surface area (Å²) in [4.78, 5) is 12.2. The predicted molar refractivity (Wildman–Crippen MR) is 66.7 cm³/mol. The minimum atomic E-state index is -0.855. The monoisotopic (exact) mass is 257 g/mol. The first kappa shape index (κ1) is 13.8. The molecule has 5 heteroatoms. The Labute approximate surface area is 106 Å². The SMILES string of the molecule is COc1ccc(C(Cl)CN(C)CC(=O)O)cc1. The van der Waals surface area contributed by atoms with E-state index >= 15 is 0 Å². The predicted octanol–water partition coefficient (Wildman–Crippen LogP) is 1.99. The third kappa shape index (κ3) is 4.63. The first-order chi connectivity index (χ1) is 8.02. The molecule has 0 amide bonds. The topological polar surface area (TPSA) is 49.8 Å². The molecule has 0 aliphatic carbocycles. The van der Waals surface area contributed by atoms with Crippen LogP contribution >= 0.6 is 11.6 Å². The summed E-state index contributed by atoms with van der Waals surface area (Å²) in [6.07, 6.45) is 0. The lowest BCUT2D eigenvalue weighted by Gasteiger charge is -2.18. The molecule has 1 aromatic rings. The lowest BCUT2D eigenvalue weighted by atomic mass is 10.1. The number of alkyl halides is 1. The van der Waals surface area contributed by atoms with Crippen LogP contribution in [-0.2, 0) is 4.79 Å². The van der Waals surface area contributed by atoms with Gasteiger partial charge < -0.3 is 9.84 Å². The summed E-state index contributed by atoms with van der Waals surface area (Å²) in [5.41, 5.74) is 0.949. The number of ether oxygens (including phenoxy) is 1. The molecule has 4 nitrogen and oxygen atoms in total. The number of methoxy groups -OCH3 is 1. The van der Waals surface area contributed by atoms with Crippen LogP contribution in [0, 0.1) is 0 Å². The third-order valence-electron chi connectivity index (χ3n) is 2.35. The summed E-state index contributed by atoms with van der Waals surface area (Å²) >= 11 is 6.20. The number of benzene rings is 1. The van der Waals surface area contributed by atoms with Crippen molar-refractivity contribution in [3.8, 4) is 5.75 Å². The molecule has 0 spiro atoms. The van der Waals surface area contributed by atoms with Gasteiger partial charge in [0, 0.05) is 6.54 Å². The van der Waals surface area contributed by atoms with Gasteiger partial charge in [-0.3, -0.25) is 9.69 Å². The lowest BCUT2D eigenvalue weighted by molar-refractivity contribution is -0.137. The van der Waals surface area contributed by atoms with Gasteiger partial charge in [0.15, 0.2) is 0 Å². The van der Waals surface area contributed by atoms with Crippen LogP contribution < -0.4 is 4.74 Å². The molecule has 1 atom stereocenters. The number of rotatable bonds is 6. The Balaban J connectivity index is 2.56. The second-order valence-corrected chi connectivity index (χ2v) is 4.36. The van der Waals surface area contributed by atoms with Crippen molar-refractivity contribution in [3.05, 3.63) is 29.8 Å². The van der Waals surface area contributed by atoms with E-state index in [0.717, 1.165) is 11.3 Å². The number of halogens is 1. The number of nitrogens with zero attached hydrogens (tertiary/aromatic N) is 1. The first-order valence-electron chi connectivity index (χ1n) is 5.21. The molecule has 17 heavy (non-hydrogen) atoms. The average Bonchev–Trinajstić information content (AvgIpc) is 2.28. The fourth-order valence-electron chi connectivity index (χ4n) is 1.49. The van der Waals surface area contributed by atoms with E-state index in [1.165, 1.54) is 0 Å². The largest absolute Gasteiger partial charge is 0.497 e. The van der Waals surface area contributed by atoms with Crippen LogP contribution in [0.25, 0.3) is 0 Å². The smallest absolute Gasteiger partial charge is 0.317 e.